The zero-order valence-corrected chi connectivity index (χ0v) is 21.3. The number of ether oxygens (including phenoxy) is 1. The monoisotopic (exact) mass is 502 g/mol. The van der Waals surface area contributed by atoms with Crippen LogP contribution in [0.15, 0.2) is 85.1 Å². The topological polar surface area (TPSA) is 59.5 Å². The maximum atomic E-state index is 13.5. The Morgan fingerprint density at radius 1 is 0.842 bits per heavy atom. The maximum Gasteiger partial charge on any atom is 0.410 e. The van der Waals surface area contributed by atoms with Crippen molar-refractivity contribution in [3.8, 4) is 11.1 Å². The van der Waals surface area contributed by atoms with Crippen LogP contribution in [0.2, 0.25) is 0 Å². The molecule has 5 nitrogen and oxygen atoms in total. The standard InChI is InChI=1S/C33H30N2O3/c36-32(23-16-21-8-1-6-15-31(21)34-19-23)22-17-24-9-7-10-25(18-22)35(24)33(37)38-20-30-28-13-4-2-11-26(28)27-12-3-5-14-29(27)30/h1-6,8,11-16,19,22,24-25,30H,7,9-10,17-18,20H2. The average molecular weight is 503 g/mol. The molecule has 4 aromatic rings. The van der Waals surface area contributed by atoms with Crippen molar-refractivity contribution in [1.82, 2.24) is 9.88 Å². The van der Waals surface area contributed by atoms with Gasteiger partial charge in [0.2, 0.25) is 0 Å². The smallest absolute Gasteiger partial charge is 0.410 e. The van der Waals surface area contributed by atoms with E-state index in [0.29, 0.717) is 25.0 Å². The predicted octanol–water partition coefficient (Wildman–Crippen LogP) is 7.00. The molecule has 1 aliphatic carbocycles. The zero-order valence-electron chi connectivity index (χ0n) is 21.3. The number of benzene rings is 3. The molecule has 2 saturated heterocycles. The fourth-order valence-electron chi connectivity index (χ4n) is 7.00. The number of nitrogens with zero attached hydrogens (tertiary/aromatic N) is 2. The predicted molar refractivity (Wildman–Crippen MR) is 147 cm³/mol. The van der Waals surface area contributed by atoms with Crippen LogP contribution in [0.25, 0.3) is 22.0 Å². The quantitative estimate of drug-likeness (QED) is 0.282. The summed E-state index contributed by atoms with van der Waals surface area (Å²) in [5.41, 5.74) is 6.45. The van der Waals surface area contributed by atoms with Crippen molar-refractivity contribution in [3.63, 3.8) is 0 Å². The number of amides is 1. The fourth-order valence-corrected chi connectivity index (χ4v) is 7.00. The Morgan fingerprint density at radius 3 is 2.18 bits per heavy atom. The van der Waals surface area contributed by atoms with Gasteiger partial charge in [-0.15, -0.1) is 0 Å². The van der Waals surface area contributed by atoms with Gasteiger partial charge in [-0.1, -0.05) is 66.7 Å². The van der Waals surface area contributed by atoms with Gasteiger partial charge in [0, 0.05) is 41.1 Å². The van der Waals surface area contributed by atoms with Crippen LogP contribution in [-0.2, 0) is 4.74 Å². The molecule has 190 valence electrons. The van der Waals surface area contributed by atoms with Crippen molar-refractivity contribution in [3.05, 3.63) is 102 Å². The van der Waals surface area contributed by atoms with Gasteiger partial charge in [-0.2, -0.15) is 0 Å². The first-order valence-corrected chi connectivity index (χ1v) is 13.7. The van der Waals surface area contributed by atoms with E-state index in [1.807, 2.05) is 35.2 Å². The summed E-state index contributed by atoms with van der Waals surface area (Å²) in [6.45, 7) is 0.327. The number of ketones is 1. The Hall–Kier alpha value is -3.99. The molecule has 1 aromatic heterocycles. The van der Waals surface area contributed by atoms with E-state index < -0.39 is 0 Å². The molecule has 2 unspecified atom stereocenters. The first-order valence-electron chi connectivity index (χ1n) is 13.7. The van der Waals surface area contributed by atoms with E-state index in [4.69, 9.17) is 4.74 Å². The molecule has 3 aliphatic rings. The van der Waals surface area contributed by atoms with Gasteiger partial charge in [-0.05, 0) is 66.5 Å². The SMILES string of the molecule is O=C(c1cnc2ccccc2c1)C1CC2CCCC(C1)N2C(=O)OCC1c2ccccc2-c2ccccc21. The minimum atomic E-state index is -0.236. The Labute approximate surface area is 222 Å². The fraction of sp³-hybridized carbons (Fsp3) is 0.303. The molecule has 2 aliphatic heterocycles. The molecule has 2 atom stereocenters. The van der Waals surface area contributed by atoms with Gasteiger partial charge in [-0.3, -0.25) is 9.78 Å². The Balaban J connectivity index is 1.07. The molecule has 1 amide bonds. The van der Waals surface area contributed by atoms with E-state index in [0.717, 1.165) is 30.2 Å². The molecule has 0 spiro atoms. The molecule has 2 fully saturated rings. The van der Waals surface area contributed by atoms with Gasteiger partial charge in [0.1, 0.15) is 6.61 Å². The summed E-state index contributed by atoms with van der Waals surface area (Å²) in [6.07, 6.45) is 5.76. The van der Waals surface area contributed by atoms with E-state index >= 15 is 0 Å². The zero-order chi connectivity index (χ0) is 25.6. The normalized spacial score (nSPS) is 22.1. The van der Waals surface area contributed by atoms with Crippen LogP contribution in [-0.4, -0.2) is 40.5 Å². The number of carbonyl (C=O) groups excluding carboxylic acids is 2. The van der Waals surface area contributed by atoms with Gasteiger partial charge in [-0.25, -0.2) is 4.79 Å². The minimum Gasteiger partial charge on any atom is -0.448 e. The average Bonchev–Trinajstić information content (AvgIpc) is 3.28. The largest absolute Gasteiger partial charge is 0.448 e. The molecule has 38 heavy (non-hydrogen) atoms. The first-order chi connectivity index (χ1) is 18.7. The van der Waals surface area contributed by atoms with Crippen molar-refractivity contribution in [2.24, 2.45) is 5.92 Å². The van der Waals surface area contributed by atoms with E-state index in [1.165, 1.54) is 22.3 Å². The van der Waals surface area contributed by atoms with Crippen LogP contribution in [0.1, 0.15) is 59.5 Å². The summed E-state index contributed by atoms with van der Waals surface area (Å²) in [6, 6.07) is 26.7. The second-order valence-corrected chi connectivity index (χ2v) is 10.9. The Morgan fingerprint density at radius 2 is 1.47 bits per heavy atom. The summed E-state index contributed by atoms with van der Waals surface area (Å²) < 4.78 is 6.04. The second-order valence-electron chi connectivity index (χ2n) is 10.9. The number of piperidine rings is 2. The van der Waals surface area contributed by atoms with Crippen molar-refractivity contribution in [2.45, 2.75) is 50.1 Å². The van der Waals surface area contributed by atoms with Crippen LogP contribution >= 0.6 is 0 Å². The number of carbonyl (C=O) groups is 2. The molecule has 0 saturated carbocycles. The number of hydrogen-bond acceptors (Lipinski definition) is 4. The van der Waals surface area contributed by atoms with Crippen LogP contribution in [0.4, 0.5) is 4.79 Å². The lowest BCUT2D eigenvalue weighted by Gasteiger charge is -2.47. The highest BCUT2D eigenvalue weighted by atomic mass is 16.6. The maximum absolute atomic E-state index is 13.5. The molecule has 2 bridgehead atoms. The van der Waals surface area contributed by atoms with Crippen LogP contribution in [0.5, 0.6) is 0 Å². The highest BCUT2D eigenvalue weighted by molar-refractivity contribution is 6.00. The molecule has 3 aromatic carbocycles. The minimum absolute atomic E-state index is 0.0421. The van der Waals surface area contributed by atoms with E-state index in [-0.39, 0.29) is 35.8 Å². The lowest BCUT2D eigenvalue weighted by molar-refractivity contribution is 0.00650. The summed E-state index contributed by atoms with van der Waals surface area (Å²) in [7, 11) is 0. The van der Waals surface area contributed by atoms with Crippen molar-refractivity contribution in [2.75, 3.05) is 6.61 Å². The third kappa shape index (κ3) is 3.89. The summed E-state index contributed by atoms with van der Waals surface area (Å²) >= 11 is 0. The third-order valence-corrected chi connectivity index (χ3v) is 8.77. The van der Waals surface area contributed by atoms with Gasteiger partial charge in [0.15, 0.2) is 5.78 Å². The highest BCUT2D eigenvalue weighted by Crippen LogP contribution is 2.45. The van der Waals surface area contributed by atoms with Gasteiger partial charge < -0.3 is 9.64 Å². The number of fused-ring (bicyclic) bond motifs is 6. The molecular formula is C33H30N2O3. The second kappa shape index (κ2) is 9.39. The Kier molecular flexibility index (Phi) is 5.72. The number of rotatable bonds is 4. The molecule has 0 radical (unpaired) electrons. The lowest BCUT2D eigenvalue weighted by Crippen LogP contribution is -2.55. The highest BCUT2D eigenvalue weighted by Gasteiger charge is 2.44. The van der Waals surface area contributed by atoms with E-state index in [2.05, 4.69) is 53.5 Å². The summed E-state index contributed by atoms with van der Waals surface area (Å²) in [4.78, 5) is 33.5. The Bertz CT molecular complexity index is 1490. The van der Waals surface area contributed by atoms with Gasteiger partial charge >= 0.3 is 6.09 Å². The summed E-state index contributed by atoms with van der Waals surface area (Å²) in [5, 5.41) is 0.981. The lowest BCUT2D eigenvalue weighted by atomic mass is 9.76. The van der Waals surface area contributed by atoms with Crippen molar-refractivity contribution in [1.29, 1.82) is 0 Å². The number of para-hydroxylation sites is 1. The molecule has 0 N–H and O–H groups in total. The van der Waals surface area contributed by atoms with E-state index in [1.54, 1.807) is 6.20 Å². The number of pyridine rings is 1. The molecule has 3 heterocycles. The summed E-state index contributed by atoms with van der Waals surface area (Å²) in [5.74, 6) is 0.101. The van der Waals surface area contributed by atoms with Crippen LogP contribution < -0.4 is 0 Å². The molecular weight excluding hydrogens is 472 g/mol. The van der Waals surface area contributed by atoms with Gasteiger partial charge in [0.25, 0.3) is 0 Å². The van der Waals surface area contributed by atoms with Crippen LogP contribution in [0, 0.1) is 5.92 Å². The number of Topliss-reactive ketones (excluding diaryl/α,β-unsaturated/α-hetero) is 1. The first kappa shape index (κ1) is 23.2. The van der Waals surface area contributed by atoms with Gasteiger partial charge in [0.05, 0.1) is 5.52 Å². The molecule has 5 heteroatoms. The molecule has 7 rings (SSSR count). The van der Waals surface area contributed by atoms with Crippen molar-refractivity contribution >= 4 is 22.8 Å². The number of aromatic nitrogens is 1. The van der Waals surface area contributed by atoms with Crippen LogP contribution in [0.3, 0.4) is 0 Å². The number of hydrogen-bond donors (Lipinski definition) is 0. The van der Waals surface area contributed by atoms with E-state index in [9.17, 15) is 9.59 Å². The van der Waals surface area contributed by atoms with Crippen molar-refractivity contribution < 1.29 is 14.3 Å². The third-order valence-electron chi connectivity index (χ3n) is 8.77.